The molecule has 0 amide bonds. The second-order valence-corrected chi connectivity index (χ2v) is 8.85. The van der Waals surface area contributed by atoms with Crippen LogP contribution in [0, 0.1) is 0 Å². The summed E-state index contributed by atoms with van der Waals surface area (Å²) in [4.78, 5) is 12.0. The van der Waals surface area contributed by atoms with Crippen molar-refractivity contribution in [3.05, 3.63) is 29.4 Å². The molecular weight excluding hydrogens is 432 g/mol. The van der Waals surface area contributed by atoms with Gasteiger partial charge in [-0.3, -0.25) is 0 Å². The van der Waals surface area contributed by atoms with Crippen LogP contribution in [0.5, 0.6) is 5.75 Å². The minimum atomic E-state index is -3.64. The quantitative estimate of drug-likeness (QED) is 0.521. The first kappa shape index (κ1) is 20.7. The molecule has 1 fully saturated rings. The number of aromatic nitrogens is 3. The fourth-order valence-corrected chi connectivity index (χ4v) is 4.88. The summed E-state index contributed by atoms with van der Waals surface area (Å²) in [7, 11) is -0.428. The van der Waals surface area contributed by atoms with Crippen molar-refractivity contribution in [3.63, 3.8) is 0 Å². The number of rotatable bonds is 6. The molecule has 0 atom stereocenters. The van der Waals surface area contributed by atoms with E-state index in [2.05, 4.69) is 25.6 Å². The zero-order valence-corrected chi connectivity index (χ0v) is 18.0. The van der Waals surface area contributed by atoms with E-state index in [0.717, 1.165) is 0 Å². The Labute approximate surface area is 178 Å². The van der Waals surface area contributed by atoms with Crippen molar-refractivity contribution in [1.82, 2.24) is 19.3 Å². The zero-order chi connectivity index (χ0) is 21.3. The summed E-state index contributed by atoms with van der Waals surface area (Å²) in [5.74, 6) is 1.20. The highest BCUT2D eigenvalue weighted by Gasteiger charge is 2.27. The van der Waals surface area contributed by atoms with Gasteiger partial charge < -0.3 is 25.1 Å². The topological polar surface area (TPSA) is 121 Å². The molecule has 0 unspecified atom stereocenters. The van der Waals surface area contributed by atoms with Crippen LogP contribution in [0.15, 0.2) is 29.3 Å². The maximum Gasteiger partial charge on any atom is 0.243 e. The predicted octanol–water partition coefficient (Wildman–Crippen LogP) is 2.43. The molecule has 3 N–H and O–H groups in total. The van der Waals surface area contributed by atoms with E-state index in [1.807, 2.05) is 0 Å². The van der Waals surface area contributed by atoms with Crippen LogP contribution in [0.2, 0.25) is 5.02 Å². The number of sulfonamides is 1. The van der Waals surface area contributed by atoms with Crippen LogP contribution >= 0.6 is 11.6 Å². The Morgan fingerprint density at radius 3 is 2.73 bits per heavy atom. The number of ether oxygens (including phenoxy) is 2. The van der Waals surface area contributed by atoms with Gasteiger partial charge in [-0.15, -0.1) is 0 Å². The number of hydrogen-bond donors (Lipinski definition) is 3. The molecule has 1 saturated heterocycles. The molecule has 0 radical (unpaired) electrons. The van der Waals surface area contributed by atoms with E-state index < -0.39 is 10.0 Å². The highest BCUT2D eigenvalue weighted by Crippen LogP contribution is 2.33. The summed E-state index contributed by atoms with van der Waals surface area (Å²) >= 11 is 6.18. The number of morpholine rings is 1. The number of methoxy groups -OCH3 is 1. The van der Waals surface area contributed by atoms with Crippen molar-refractivity contribution < 1.29 is 17.9 Å². The molecule has 12 heteroatoms. The highest BCUT2D eigenvalue weighted by molar-refractivity contribution is 7.89. The third kappa shape index (κ3) is 3.76. The highest BCUT2D eigenvalue weighted by atomic mass is 35.5. The van der Waals surface area contributed by atoms with Crippen molar-refractivity contribution >= 4 is 50.1 Å². The Morgan fingerprint density at radius 1 is 1.27 bits per heavy atom. The molecule has 1 aliphatic rings. The molecule has 0 spiro atoms. The second kappa shape index (κ2) is 8.26. The van der Waals surface area contributed by atoms with E-state index in [1.165, 1.54) is 23.5 Å². The van der Waals surface area contributed by atoms with Gasteiger partial charge in [-0.2, -0.15) is 14.3 Å². The van der Waals surface area contributed by atoms with Crippen LogP contribution in [-0.2, 0) is 14.8 Å². The Hall–Kier alpha value is -2.60. The minimum Gasteiger partial charge on any atom is -0.495 e. The Bertz CT molecular complexity index is 1180. The fraction of sp³-hybridized carbons (Fsp3) is 0.333. The lowest BCUT2D eigenvalue weighted by molar-refractivity contribution is 0.0730. The summed E-state index contributed by atoms with van der Waals surface area (Å²) in [5.41, 5.74) is 1.09. The smallest absolute Gasteiger partial charge is 0.243 e. The fourth-order valence-electron chi connectivity index (χ4n) is 3.22. The number of halogens is 1. The predicted molar refractivity (Wildman–Crippen MR) is 114 cm³/mol. The first-order valence-corrected chi connectivity index (χ1v) is 11.0. The van der Waals surface area contributed by atoms with Crippen molar-refractivity contribution in [1.29, 1.82) is 0 Å². The maximum absolute atomic E-state index is 12.9. The molecule has 1 aliphatic heterocycles. The molecule has 30 heavy (non-hydrogen) atoms. The number of aromatic amines is 1. The van der Waals surface area contributed by atoms with E-state index in [9.17, 15) is 8.42 Å². The van der Waals surface area contributed by atoms with Gasteiger partial charge in [0.25, 0.3) is 0 Å². The normalized spacial score (nSPS) is 15.3. The van der Waals surface area contributed by atoms with Crippen LogP contribution < -0.4 is 15.4 Å². The van der Waals surface area contributed by atoms with Gasteiger partial charge in [0, 0.05) is 32.4 Å². The summed E-state index contributed by atoms with van der Waals surface area (Å²) in [6, 6.07) is 4.63. The van der Waals surface area contributed by atoms with Gasteiger partial charge in [0.05, 0.1) is 41.3 Å². The molecule has 2 aromatic heterocycles. The summed E-state index contributed by atoms with van der Waals surface area (Å²) < 4.78 is 37.9. The van der Waals surface area contributed by atoms with Crippen LogP contribution in [0.3, 0.4) is 0 Å². The number of nitrogens with one attached hydrogen (secondary N) is 3. The summed E-state index contributed by atoms with van der Waals surface area (Å²) in [6.07, 6.45) is 1.64. The molecule has 3 heterocycles. The molecule has 3 aromatic rings. The van der Waals surface area contributed by atoms with Gasteiger partial charge in [-0.05, 0) is 12.1 Å². The minimum absolute atomic E-state index is 0.148. The van der Waals surface area contributed by atoms with E-state index in [0.29, 0.717) is 65.6 Å². The first-order chi connectivity index (χ1) is 14.4. The Balaban J connectivity index is 1.66. The zero-order valence-electron chi connectivity index (χ0n) is 16.4. The molecule has 1 aromatic carbocycles. The second-order valence-electron chi connectivity index (χ2n) is 6.51. The van der Waals surface area contributed by atoms with E-state index in [4.69, 9.17) is 21.1 Å². The van der Waals surface area contributed by atoms with Crippen LogP contribution in [0.25, 0.3) is 11.0 Å². The van der Waals surface area contributed by atoms with Gasteiger partial charge in [-0.1, -0.05) is 11.6 Å². The molecule has 10 nitrogen and oxygen atoms in total. The molecule has 160 valence electrons. The molecule has 4 rings (SSSR count). The van der Waals surface area contributed by atoms with Gasteiger partial charge in [0.15, 0.2) is 0 Å². The van der Waals surface area contributed by atoms with E-state index >= 15 is 0 Å². The number of H-pyrrole nitrogens is 1. The largest absolute Gasteiger partial charge is 0.495 e. The van der Waals surface area contributed by atoms with Gasteiger partial charge in [0.1, 0.15) is 17.2 Å². The molecule has 0 aliphatic carbocycles. The molecular formula is C18H21ClN6O4S. The Kier molecular flexibility index (Phi) is 5.69. The van der Waals surface area contributed by atoms with Crippen LogP contribution in [0.4, 0.5) is 17.5 Å². The number of hydrogen-bond acceptors (Lipinski definition) is 8. The van der Waals surface area contributed by atoms with Crippen molar-refractivity contribution in [2.24, 2.45) is 0 Å². The average molecular weight is 453 g/mol. The standard InChI is InChI=1S/C18H21ClN6O4S/c1-20-16-15-12(19)10-21-17(15)24-18(23-16)22-13-4-3-11(9-14(13)28-2)30(26,27)25-5-7-29-8-6-25/h3-4,9-10H,5-8H2,1-2H3,(H3,20,21,22,23,24). The number of anilines is 3. The molecule has 0 saturated carbocycles. The van der Waals surface area contributed by atoms with Crippen molar-refractivity contribution in [2.75, 3.05) is 51.1 Å². The SMILES string of the molecule is CNc1nc(Nc2ccc(S(=O)(=O)N3CCOCC3)cc2OC)nc2[nH]cc(Cl)c12. The number of nitrogens with zero attached hydrogens (tertiary/aromatic N) is 3. The van der Waals surface area contributed by atoms with Crippen molar-refractivity contribution in [3.8, 4) is 5.75 Å². The lowest BCUT2D eigenvalue weighted by Gasteiger charge is -2.26. The average Bonchev–Trinajstić information content (AvgIpc) is 3.14. The Morgan fingerprint density at radius 2 is 2.03 bits per heavy atom. The van der Waals surface area contributed by atoms with Crippen LogP contribution in [-0.4, -0.2) is 68.1 Å². The number of fused-ring (bicyclic) bond motifs is 1. The molecule has 0 bridgehead atoms. The van der Waals surface area contributed by atoms with Gasteiger partial charge >= 0.3 is 0 Å². The van der Waals surface area contributed by atoms with Gasteiger partial charge in [-0.25, -0.2) is 8.42 Å². The van der Waals surface area contributed by atoms with Crippen LogP contribution in [0.1, 0.15) is 0 Å². The third-order valence-electron chi connectivity index (χ3n) is 4.75. The lowest BCUT2D eigenvalue weighted by Crippen LogP contribution is -2.40. The lowest BCUT2D eigenvalue weighted by atomic mass is 10.3. The van der Waals surface area contributed by atoms with Crippen molar-refractivity contribution in [2.45, 2.75) is 4.90 Å². The monoisotopic (exact) mass is 452 g/mol. The van der Waals surface area contributed by atoms with E-state index in [1.54, 1.807) is 19.3 Å². The maximum atomic E-state index is 12.9. The van der Waals surface area contributed by atoms with Gasteiger partial charge in [0.2, 0.25) is 16.0 Å². The third-order valence-corrected chi connectivity index (χ3v) is 6.94. The van der Waals surface area contributed by atoms with E-state index in [-0.39, 0.29) is 4.90 Å². The summed E-state index contributed by atoms with van der Waals surface area (Å²) in [6.45, 7) is 1.41. The first-order valence-electron chi connectivity index (χ1n) is 9.19. The number of benzene rings is 1. The summed E-state index contributed by atoms with van der Waals surface area (Å²) in [5, 5.41) is 7.27.